The van der Waals surface area contributed by atoms with E-state index in [1.165, 1.54) is 51.7 Å². The predicted molar refractivity (Wildman–Crippen MR) is 85.6 cm³/mol. The first kappa shape index (κ1) is 17.0. The van der Waals surface area contributed by atoms with Crippen molar-refractivity contribution >= 4 is 0 Å². The number of nitrogens with one attached hydrogen (secondary N) is 1. The molecule has 1 rings (SSSR count). The number of hydrogen-bond donors (Lipinski definition) is 1. The molecule has 19 heavy (non-hydrogen) atoms. The molecule has 0 saturated carbocycles. The first-order valence-corrected chi connectivity index (χ1v) is 8.39. The average Bonchev–Trinajstić information content (AvgIpc) is 2.78. The molecule has 0 bridgehead atoms. The van der Waals surface area contributed by atoms with Crippen LogP contribution in [0.15, 0.2) is 0 Å². The molecule has 0 aromatic heterocycles. The maximum absolute atomic E-state index is 3.68. The van der Waals surface area contributed by atoms with E-state index in [1.807, 2.05) is 0 Å². The third-order valence-electron chi connectivity index (χ3n) is 4.66. The van der Waals surface area contributed by atoms with E-state index in [0.29, 0.717) is 11.5 Å². The predicted octanol–water partition coefficient (Wildman–Crippen LogP) is 3.91. The van der Waals surface area contributed by atoms with Crippen LogP contribution in [-0.2, 0) is 0 Å². The fourth-order valence-electron chi connectivity index (χ4n) is 3.01. The molecule has 0 aromatic rings. The maximum atomic E-state index is 3.68. The summed E-state index contributed by atoms with van der Waals surface area (Å²) in [5.41, 5.74) is 0.482. The molecule has 1 fully saturated rings. The summed E-state index contributed by atoms with van der Waals surface area (Å²) >= 11 is 0. The Bertz CT molecular complexity index is 232. The summed E-state index contributed by atoms with van der Waals surface area (Å²) in [5, 5.41) is 3.68. The van der Waals surface area contributed by atoms with Crippen molar-refractivity contribution in [1.82, 2.24) is 10.2 Å². The molecule has 2 nitrogen and oxygen atoms in total. The van der Waals surface area contributed by atoms with E-state index in [-0.39, 0.29) is 0 Å². The lowest BCUT2D eigenvalue weighted by molar-refractivity contribution is 0.228. The summed E-state index contributed by atoms with van der Waals surface area (Å²) < 4.78 is 0. The van der Waals surface area contributed by atoms with Gasteiger partial charge in [-0.2, -0.15) is 0 Å². The van der Waals surface area contributed by atoms with Crippen molar-refractivity contribution in [2.24, 2.45) is 11.3 Å². The number of unbranched alkanes of at least 4 members (excludes halogenated alkanes) is 2. The zero-order valence-electron chi connectivity index (χ0n) is 14.0. The van der Waals surface area contributed by atoms with Crippen LogP contribution in [0.5, 0.6) is 0 Å². The number of likely N-dealkylation sites (tertiary alicyclic amines) is 1. The van der Waals surface area contributed by atoms with Crippen LogP contribution in [0.25, 0.3) is 0 Å². The summed E-state index contributed by atoms with van der Waals surface area (Å²) in [7, 11) is 0. The van der Waals surface area contributed by atoms with Crippen molar-refractivity contribution in [3.63, 3.8) is 0 Å². The molecule has 0 aromatic carbocycles. The van der Waals surface area contributed by atoms with Gasteiger partial charge in [0.2, 0.25) is 0 Å². The van der Waals surface area contributed by atoms with Crippen LogP contribution < -0.4 is 5.32 Å². The van der Waals surface area contributed by atoms with Crippen LogP contribution in [-0.4, -0.2) is 37.1 Å². The molecule has 0 amide bonds. The van der Waals surface area contributed by atoms with Gasteiger partial charge in [0.15, 0.2) is 0 Å². The van der Waals surface area contributed by atoms with Crippen LogP contribution in [0.4, 0.5) is 0 Å². The minimum Gasteiger partial charge on any atom is -0.313 e. The van der Waals surface area contributed by atoms with Gasteiger partial charge >= 0.3 is 0 Å². The van der Waals surface area contributed by atoms with Gasteiger partial charge in [-0.3, -0.25) is 0 Å². The molecule has 0 spiro atoms. The third kappa shape index (κ3) is 6.76. The highest BCUT2D eigenvalue weighted by molar-refractivity contribution is 4.84. The SMILES string of the molecule is CCCCCC(C)NCCN1CCC(C(C)(C)C)C1. The van der Waals surface area contributed by atoms with Crippen molar-refractivity contribution in [1.29, 1.82) is 0 Å². The summed E-state index contributed by atoms with van der Waals surface area (Å²) in [6.45, 7) is 16.7. The highest BCUT2D eigenvalue weighted by atomic mass is 15.2. The van der Waals surface area contributed by atoms with Crippen molar-refractivity contribution in [2.45, 2.75) is 72.8 Å². The van der Waals surface area contributed by atoms with Crippen LogP contribution >= 0.6 is 0 Å². The summed E-state index contributed by atoms with van der Waals surface area (Å²) in [6, 6.07) is 0.688. The molecule has 114 valence electrons. The second-order valence-electron chi connectivity index (χ2n) is 7.50. The topological polar surface area (TPSA) is 15.3 Å². The van der Waals surface area contributed by atoms with E-state index in [4.69, 9.17) is 0 Å². The molecular formula is C17H36N2. The van der Waals surface area contributed by atoms with Crippen LogP contribution in [0, 0.1) is 11.3 Å². The highest BCUT2D eigenvalue weighted by Crippen LogP contribution is 2.33. The van der Waals surface area contributed by atoms with Crippen molar-refractivity contribution in [3.8, 4) is 0 Å². The monoisotopic (exact) mass is 268 g/mol. The van der Waals surface area contributed by atoms with Crippen molar-refractivity contribution in [3.05, 3.63) is 0 Å². The number of hydrogen-bond acceptors (Lipinski definition) is 2. The first-order valence-electron chi connectivity index (χ1n) is 8.39. The van der Waals surface area contributed by atoms with E-state index in [0.717, 1.165) is 12.5 Å². The second-order valence-corrected chi connectivity index (χ2v) is 7.50. The summed E-state index contributed by atoms with van der Waals surface area (Å²) in [4.78, 5) is 2.64. The minimum atomic E-state index is 0.482. The largest absolute Gasteiger partial charge is 0.313 e. The fourth-order valence-corrected chi connectivity index (χ4v) is 3.01. The van der Waals surface area contributed by atoms with E-state index < -0.39 is 0 Å². The average molecular weight is 268 g/mol. The lowest BCUT2D eigenvalue weighted by Crippen LogP contribution is -2.35. The van der Waals surface area contributed by atoms with Gasteiger partial charge in [-0.1, -0.05) is 47.0 Å². The lowest BCUT2D eigenvalue weighted by Gasteiger charge is -2.27. The Kier molecular flexibility index (Phi) is 7.38. The Morgan fingerprint density at radius 1 is 1.26 bits per heavy atom. The Labute approximate surface area is 121 Å². The van der Waals surface area contributed by atoms with Crippen molar-refractivity contribution in [2.75, 3.05) is 26.2 Å². The molecule has 2 unspecified atom stereocenters. The summed E-state index contributed by atoms with van der Waals surface area (Å²) in [5.74, 6) is 0.884. The molecule has 0 radical (unpaired) electrons. The van der Waals surface area contributed by atoms with Gasteiger partial charge in [-0.05, 0) is 37.6 Å². The number of nitrogens with zero attached hydrogens (tertiary/aromatic N) is 1. The Morgan fingerprint density at radius 2 is 2.00 bits per heavy atom. The van der Waals surface area contributed by atoms with Gasteiger partial charge in [0, 0.05) is 25.7 Å². The molecule has 1 heterocycles. The van der Waals surface area contributed by atoms with E-state index in [2.05, 4.69) is 44.8 Å². The first-order chi connectivity index (χ1) is 8.93. The Hall–Kier alpha value is -0.0800. The summed E-state index contributed by atoms with van der Waals surface area (Å²) in [6.07, 6.45) is 6.80. The molecule has 1 aliphatic rings. The smallest absolute Gasteiger partial charge is 0.0107 e. The highest BCUT2D eigenvalue weighted by Gasteiger charge is 2.31. The molecule has 1 N–H and O–H groups in total. The van der Waals surface area contributed by atoms with Crippen LogP contribution in [0.1, 0.15) is 66.7 Å². The molecule has 0 aliphatic carbocycles. The van der Waals surface area contributed by atoms with Gasteiger partial charge in [0.25, 0.3) is 0 Å². The van der Waals surface area contributed by atoms with Gasteiger partial charge in [0.1, 0.15) is 0 Å². The fraction of sp³-hybridized carbons (Fsp3) is 1.00. The molecule has 1 aliphatic heterocycles. The maximum Gasteiger partial charge on any atom is 0.0107 e. The molecule has 2 atom stereocenters. The lowest BCUT2D eigenvalue weighted by atomic mass is 9.80. The third-order valence-corrected chi connectivity index (χ3v) is 4.66. The minimum absolute atomic E-state index is 0.482. The van der Waals surface area contributed by atoms with E-state index in [9.17, 15) is 0 Å². The Morgan fingerprint density at radius 3 is 2.58 bits per heavy atom. The van der Waals surface area contributed by atoms with Crippen LogP contribution in [0.2, 0.25) is 0 Å². The standard InChI is InChI=1S/C17H36N2/c1-6-7-8-9-15(2)18-11-13-19-12-10-16(14-19)17(3,4)5/h15-16,18H,6-14H2,1-5H3. The van der Waals surface area contributed by atoms with Gasteiger partial charge in [-0.25, -0.2) is 0 Å². The molecule has 1 saturated heterocycles. The van der Waals surface area contributed by atoms with Gasteiger partial charge < -0.3 is 10.2 Å². The van der Waals surface area contributed by atoms with Crippen LogP contribution in [0.3, 0.4) is 0 Å². The van der Waals surface area contributed by atoms with Gasteiger partial charge in [0.05, 0.1) is 0 Å². The zero-order chi connectivity index (χ0) is 14.3. The molecule has 2 heteroatoms. The van der Waals surface area contributed by atoms with E-state index in [1.54, 1.807) is 0 Å². The normalized spacial score (nSPS) is 22.9. The number of rotatable bonds is 8. The Balaban J connectivity index is 2.07. The second kappa shape index (κ2) is 8.26. The zero-order valence-corrected chi connectivity index (χ0v) is 14.0. The van der Waals surface area contributed by atoms with E-state index >= 15 is 0 Å². The quantitative estimate of drug-likeness (QED) is 0.671. The molecular weight excluding hydrogens is 232 g/mol. The van der Waals surface area contributed by atoms with Gasteiger partial charge in [-0.15, -0.1) is 0 Å². The van der Waals surface area contributed by atoms with Crippen molar-refractivity contribution < 1.29 is 0 Å².